The van der Waals surface area contributed by atoms with Crippen LogP contribution >= 0.6 is 35.6 Å². The van der Waals surface area contributed by atoms with Crippen LogP contribution in [0.3, 0.4) is 0 Å². The summed E-state index contributed by atoms with van der Waals surface area (Å²) in [6.45, 7) is 0. The van der Waals surface area contributed by atoms with Crippen molar-refractivity contribution in [1.29, 1.82) is 0 Å². The first-order chi connectivity index (χ1) is 12.4. The predicted octanol–water partition coefficient (Wildman–Crippen LogP) is 4.29. The number of hydrogen-bond donors (Lipinski definition) is 0. The van der Waals surface area contributed by atoms with Gasteiger partial charge in [-0.25, -0.2) is 4.90 Å². The fourth-order valence-electron chi connectivity index (χ4n) is 2.21. The van der Waals surface area contributed by atoms with Crippen LogP contribution in [0.5, 0.6) is 0 Å². The topological polar surface area (TPSA) is 80.5 Å². The van der Waals surface area contributed by atoms with Gasteiger partial charge in [-0.15, -0.1) is 0 Å². The standard InChI is InChI=1S/C17H9ClN2O4S2/c18-12-5-3-11(4-6-12)15(21)19-16(22)14(26-17(19)25)9-10-1-7-13(8-2-10)20(23)24/h1-9H. The molecule has 0 bridgehead atoms. The molecule has 0 N–H and O–H groups in total. The van der Waals surface area contributed by atoms with Crippen molar-refractivity contribution in [2.24, 2.45) is 0 Å². The van der Waals surface area contributed by atoms with Crippen LogP contribution in [0.2, 0.25) is 5.02 Å². The van der Waals surface area contributed by atoms with Crippen molar-refractivity contribution >= 4 is 63.5 Å². The highest BCUT2D eigenvalue weighted by Crippen LogP contribution is 2.34. The first-order valence-corrected chi connectivity index (χ1v) is 8.79. The molecule has 0 atom stereocenters. The van der Waals surface area contributed by atoms with Crippen LogP contribution in [0, 0.1) is 10.1 Å². The van der Waals surface area contributed by atoms with E-state index in [2.05, 4.69) is 0 Å². The molecule has 6 nitrogen and oxygen atoms in total. The minimum absolute atomic E-state index is 0.0485. The van der Waals surface area contributed by atoms with E-state index in [-0.39, 0.29) is 14.9 Å². The zero-order valence-corrected chi connectivity index (χ0v) is 15.3. The van der Waals surface area contributed by atoms with Crippen molar-refractivity contribution in [2.45, 2.75) is 0 Å². The molecule has 2 aromatic rings. The Morgan fingerprint density at radius 1 is 1.15 bits per heavy atom. The van der Waals surface area contributed by atoms with Gasteiger partial charge < -0.3 is 0 Å². The number of halogens is 1. The van der Waals surface area contributed by atoms with Crippen molar-refractivity contribution in [3.05, 3.63) is 79.7 Å². The summed E-state index contributed by atoms with van der Waals surface area (Å²) in [4.78, 5) is 36.5. The molecule has 0 unspecified atom stereocenters. The Labute approximate surface area is 162 Å². The number of imide groups is 1. The molecule has 0 aliphatic carbocycles. The number of nitro benzene ring substituents is 1. The molecule has 1 aliphatic rings. The number of rotatable bonds is 3. The van der Waals surface area contributed by atoms with E-state index in [1.807, 2.05) is 0 Å². The van der Waals surface area contributed by atoms with Gasteiger partial charge >= 0.3 is 0 Å². The zero-order chi connectivity index (χ0) is 18.8. The highest BCUT2D eigenvalue weighted by molar-refractivity contribution is 8.26. The summed E-state index contributed by atoms with van der Waals surface area (Å²) in [6, 6.07) is 11.9. The van der Waals surface area contributed by atoms with Crippen LogP contribution in [0.25, 0.3) is 6.08 Å². The lowest BCUT2D eigenvalue weighted by molar-refractivity contribution is -0.384. The van der Waals surface area contributed by atoms with E-state index >= 15 is 0 Å². The van der Waals surface area contributed by atoms with Gasteiger partial charge in [0.2, 0.25) is 0 Å². The second-order valence-electron chi connectivity index (χ2n) is 5.18. The SMILES string of the molecule is O=C1C(=Cc2ccc([N+](=O)[O-])cc2)SC(=S)N1C(=O)c1ccc(Cl)cc1. The van der Waals surface area contributed by atoms with Gasteiger partial charge in [-0.05, 0) is 48.0 Å². The Balaban J connectivity index is 1.85. The summed E-state index contributed by atoms with van der Waals surface area (Å²) in [6.07, 6.45) is 1.54. The van der Waals surface area contributed by atoms with E-state index in [0.29, 0.717) is 16.1 Å². The number of thiocarbonyl (C=S) groups is 1. The molecule has 9 heteroatoms. The number of benzene rings is 2. The third kappa shape index (κ3) is 3.67. The van der Waals surface area contributed by atoms with Gasteiger partial charge in [0.05, 0.1) is 9.83 Å². The fourth-order valence-corrected chi connectivity index (χ4v) is 3.59. The molecule has 0 spiro atoms. The Bertz CT molecular complexity index is 956. The molecule has 2 aromatic carbocycles. The molecule has 1 aliphatic heterocycles. The minimum Gasteiger partial charge on any atom is -0.268 e. The number of amides is 2. The summed E-state index contributed by atoms with van der Waals surface area (Å²) in [5.41, 5.74) is 0.838. The minimum atomic E-state index is -0.531. The lowest BCUT2D eigenvalue weighted by Gasteiger charge is -2.12. The highest BCUT2D eigenvalue weighted by Gasteiger charge is 2.37. The van der Waals surface area contributed by atoms with Crippen molar-refractivity contribution in [1.82, 2.24) is 4.90 Å². The first-order valence-electron chi connectivity index (χ1n) is 7.19. The van der Waals surface area contributed by atoms with Crippen LogP contribution in [-0.4, -0.2) is 26.0 Å². The summed E-state index contributed by atoms with van der Waals surface area (Å²) in [7, 11) is 0. The van der Waals surface area contributed by atoms with E-state index in [0.717, 1.165) is 16.7 Å². The Hall–Kier alpha value is -2.55. The molecular weight excluding hydrogens is 396 g/mol. The summed E-state index contributed by atoms with van der Waals surface area (Å²) in [5, 5.41) is 11.2. The van der Waals surface area contributed by atoms with Crippen molar-refractivity contribution in [3.63, 3.8) is 0 Å². The van der Waals surface area contributed by atoms with E-state index in [1.54, 1.807) is 12.1 Å². The van der Waals surface area contributed by atoms with Crippen molar-refractivity contribution in [2.75, 3.05) is 0 Å². The average molecular weight is 405 g/mol. The second-order valence-corrected chi connectivity index (χ2v) is 7.29. The molecule has 0 saturated carbocycles. The Morgan fingerprint density at radius 2 is 1.77 bits per heavy atom. The highest BCUT2D eigenvalue weighted by atomic mass is 35.5. The Morgan fingerprint density at radius 3 is 2.35 bits per heavy atom. The van der Waals surface area contributed by atoms with E-state index in [4.69, 9.17) is 23.8 Å². The number of nitrogens with zero attached hydrogens (tertiary/aromatic N) is 2. The monoisotopic (exact) mass is 404 g/mol. The molecule has 130 valence electrons. The van der Waals surface area contributed by atoms with Gasteiger partial charge in [0.15, 0.2) is 4.32 Å². The molecule has 1 saturated heterocycles. The van der Waals surface area contributed by atoms with Crippen molar-refractivity contribution < 1.29 is 14.5 Å². The van der Waals surface area contributed by atoms with Crippen LogP contribution in [0.4, 0.5) is 5.69 Å². The van der Waals surface area contributed by atoms with Crippen LogP contribution in [0.15, 0.2) is 53.4 Å². The normalized spacial score (nSPS) is 15.6. The lowest BCUT2D eigenvalue weighted by atomic mass is 10.2. The van der Waals surface area contributed by atoms with Crippen LogP contribution in [0.1, 0.15) is 15.9 Å². The largest absolute Gasteiger partial charge is 0.273 e. The van der Waals surface area contributed by atoms with E-state index in [9.17, 15) is 19.7 Å². The number of non-ortho nitro benzene ring substituents is 1. The maximum Gasteiger partial charge on any atom is 0.273 e. The average Bonchev–Trinajstić information content (AvgIpc) is 2.89. The molecule has 0 aromatic heterocycles. The maximum atomic E-state index is 12.6. The molecule has 0 radical (unpaired) electrons. The van der Waals surface area contributed by atoms with Crippen LogP contribution < -0.4 is 0 Å². The summed E-state index contributed by atoms with van der Waals surface area (Å²) >= 11 is 12.0. The first kappa shape index (κ1) is 18.2. The van der Waals surface area contributed by atoms with Gasteiger partial charge in [-0.3, -0.25) is 19.7 Å². The summed E-state index contributed by atoms with van der Waals surface area (Å²) in [5.74, 6) is -1.06. The quantitative estimate of drug-likeness (QED) is 0.249. The van der Waals surface area contributed by atoms with E-state index in [1.165, 1.54) is 42.5 Å². The number of nitro groups is 1. The number of hydrogen-bond acceptors (Lipinski definition) is 6. The fraction of sp³-hybridized carbons (Fsp3) is 0. The molecule has 2 amide bonds. The maximum absolute atomic E-state index is 12.6. The number of carbonyl (C=O) groups is 2. The third-order valence-corrected chi connectivity index (χ3v) is 5.04. The predicted molar refractivity (Wildman–Crippen MR) is 104 cm³/mol. The zero-order valence-electron chi connectivity index (χ0n) is 12.9. The molecule has 26 heavy (non-hydrogen) atoms. The van der Waals surface area contributed by atoms with Gasteiger partial charge in [0.1, 0.15) is 0 Å². The molecular formula is C17H9ClN2O4S2. The smallest absolute Gasteiger partial charge is 0.268 e. The van der Waals surface area contributed by atoms with Gasteiger partial charge in [-0.1, -0.05) is 35.6 Å². The lowest BCUT2D eigenvalue weighted by Crippen LogP contribution is -2.34. The molecule has 1 heterocycles. The Kier molecular flexibility index (Phi) is 5.17. The van der Waals surface area contributed by atoms with Gasteiger partial charge in [0.25, 0.3) is 17.5 Å². The third-order valence-electron chi connectivity index (χ3n) is 3.49. The van der Waals surface area contributed by atoms with Gasteiger partial charge in [-0.2, -0.15) is 0 Å². The van der Waals surface area contributed by atoms with Crippen molar-refractivity contribution in [3.8, 4) is 0 Å². The molecule has 3 rings (SSSR count). The van der Waals surface area contributed by atoms with Crippen LogP contribution in [-0.2, 0) is 4.79 Å². The van der Waals surface area contributed by atoms with Gasteiger partial charge in [0, 0.05) is 22.7 Å². The molecule has 1 fully saturated rings. The van der Waals surface area contributed by atoms with E-state index < -0.39 is 16.7 Å². The second kappa shape index (κ2) is 7.36. The number of carbonyl (C=O) groups excluding carboxylic acids is 2. The summed E-state index contributed by atoms with van der Waals surface area (Å²) < 4.78 is 0.128. The number of thioether (sulfide) groups is 1.